The summed E-state index contributed by atoms with van der Waals surface area (Å²) in [6, 6.07) is 0. The Morgan fingerprint density at radius 3 is 1.64 bits per heavy atom. The molecule has 0 fully saturated rings. The number of rotatable bonds is 6. The van der Waals surface area contributed by atoms with Gasteiger partial charge >= 0.3 is 0 Å². The molecule has 0 amide bonds. The Morgan fingerprint density at radius 1 is 1.07 bits per heavy atom. The molecule has 0 heterocycles. The second-order valence-electron chi connectivity index (χ2n) is 2.98. The van der Waals surface area contributed by atoms with Crippen molar-refractivity contribution in [2.45, 2.75) is 39.5 Å². The molecule has 0 aromatic heterocycles. The van der Waals surface area contributed by atoms with Crippen molar-refractivity contribution >= 4 is 29.2 Å². The molecule has 0 saturated heterocycles. The minimum Gasteiger partial charge on any atom is -0.358 e. The van der Waals surface area contributed by atoms with Gasteiger partial charge in [0.1, 0.15) is 4.32 Å². The number of unbranched alkanes of at least 4 members (excludes halogenated alkanes) is 2. The molecule has 0 aliphatic heterocycles. The fraction of sp³-hybridized carbons (Fsp3) is 0.889. The van der Waals surface area contributed by atoms with Crippen LogP contribution in [0.4, 0.5) is 0 Å². The molecule has 0 aromatic carbocycles. The third kappa shape index (κ3) is 11.3. The molecule has 0 aliphatic rings. The van der Waals surface area contributed by atoms with E-state index >= 15 is 0 Å². The molecule has 1 nitrogen and oxygen atoms in total. The molecule has 0 unspecified atom stereocenters. The molecule has 0 aliphatic carbocycles. The van der Waals surface area contributed by atoms with E-state index in [2.05, 4.69) is 31.4 Å². The largest absolute Gasteiger partial charge is 0.358 e. The minimum atomic E-state index is 0. The zero-order chi connectivity index (χ0) is 9.40. The van der Waals surface area contributed by atoms with E-state index in [0.717, 1.165) is 17.4 Å². The van der Waals surface area contributed by atoms with Crippen LogP contribution in [0.15, 0.2) is 0 Å². The summed E-state index contributed by atoms with van der Waals surface area (Å²) in [6.07, 6.45) is 4.87. The molecule has 0 radical (unpaired) electrons. The summed E-state index contributed by atoms with van der Waals surface area (Å²) in [5.74, 6) is 0. The molecule has 0 rings (SSSR count). The van der Waals surface area contributed by atoms with Gasteiger partial charge in [-0.1, -0.05) is 38.9 Å². The van der Waals surface area contributed by atoms with Gasteiger partial charge in [0.05, 0.1) is 0 Å². The van der Waals surface area contributed by atoms with E-state index in [-0.39, 0.29) is 33.0 Å². The van der Waals surface area contributed by atoms with E-state index in [4.69, 9.17) is 12.2 Å². The van der Waals surface area contributed by atoms with E-state index in [1.54, 1.807) is 0 Å². The van der Waals surface area contributed by atoms with Crippen LogP contribution >= 0.6 is 24.8 Å². The Kier molecular flexibility index (Phi) is 21.0. The predicted octanol–water partition coefficient (Wildman–Crippen LogP) is 3.10. The zero-order valence-electron chi connectivity index (χ0n) is 8.68. The summed E-state index contributed by atoms with van der Waals surface area (Å²) in [5.41, 5.74) is 0. The molecule has 0 saturated carbocycles. The van der Waals surface area contributed by atoms with Crippen LogP contribution in [0.5, 0.6) is 0 Å². The van der Waals surface area contributed by atoms with Crippen LogP contribution in [-0.4, -0.2) is 22.3 Å². The predicted molar refractivity (Wildman–Crippen MR) is 63.0 cm³/mol. The van der Waals surface area contributed by atoms with Gasteiger partial charge in [0.25, 0.3) is 0 Å². The summed E-state index contributed by atoms with van der Waals surface area (Å²) in [7, 11) is 0. The molecule has 92 valence electrons. The third-order valence-electron chi connectivity index (χ3n) is 1.83. The van der Waals surface area contributed by atoms with Crippen molar-refractivity contribution in [1.29, 1.82) is 0 Å². The van der Waals surface area contributed by atoms with Gasteiger partial charge in [0.2, 0.25) is 0 Å². The molecular weight excluding hydrogens is 304 g/mol. The van der Waals surface area contributed by atoms with E-state index in [1.807, 2.05) is 0 Å². The van der Waals surface area contributed by atoms with Crippen molar-refractivity contribution < 1.29 is 33.0 Å². The maximum atomic E-state index is 5.03. The van der Waals surface area contributed by atoms with Gasteiger partial charge in [-0.15, -0.1) is 12.6 Å². The Hall–Kier alpha value is 1.23. The maximum Gasteiger partial charge on any atom is 0.133 e. The average Bonchev–Trinajstić information content (AvgIpc) is 2.04. The van der Waals surface area contributed by atoms with Crippen molar-refractivity contribution in [1.82, 2.24) is 4.90 Å². The van der Waals surface area contributed by atoms with E-state index in [0.29, 0.717) is 0 Å². The van der Waals surface area contributed by atoms with Gasteiger partial charge in [0.15, 0.2) is 0 Å². The molecular formula is C9H19NNi2S2. The van der Waals surface area contributed by atoms with Crippen LogP contribution in [0.25, 0.3) is 0 Å². The summed E-state index contributed by atoms with van der Waals surface area (Å²) >= 11 is 9.23. The van der Waals surface area contributed by atoms with Crippen LogP contribution in [0, 0.1) is 0 Å². The number of nitrogens with zero attached hydrogens (tertiary/aromatic N) is 1. The number of hydrogen-bond acceptors (Lipinski definition) is 1. The number of thiol groups is 1. The van der Waals surface area contributed by atoms with Gasteiger partial charge in [-0.05, 0) is 12.8 Å². The van der Waals surface area contributed by atoms with E-state index in [9.17, 15) is 0 Å². The number of thiocarbonyl (C=S) groups is 1. The van der Waals surface area contributed by atoms with Crippen molar-refractivity contribution in [2.75, 3.05) is 13.1 Å². The van der Waals surface area contributed by atoms with Crippen LogP contribution in [0.3, 0.4) is 0 Å². The monoisotopic (exact) mass is 321 g/mol. The molecule has 0 bridgehead atoms. The molecule has 5 heteroatoms. The zero-order valence-corrected chi connectivity index (χ0v) is 12.4. The van der Waals surface area contributed by atoms with Gasteiger partial charge in [-0.25, -0.2) is 0 Å². The first-order chi connectivity index (χ1) is 5.72. The third-order valence-corrected chi connectivity index (χ3v) is 2.37. The molecule has 0 aromatic rings. The van der Waals surface area contributed by atoms with Crippen molar-refractivity contribution in [3.05, 3.63) is 0 Å². The van der Waals surface area contributed by atoms with Crippen LogP contribution in [0.1, 0.15) is 39.5 Å². The van der Waals surface area contributed by atoms with Gasteiger partial charge in [0, 0.05) is 46.1 Å². The summed E-state index contributed by atoms with van der Waals surface area (Å²) in [6.45, 7) is 6.52. The second-order valence-corrected chi connectivity index (χ2v) is 4.09. The van der Waals surface area contributed by atoms with Crippen molar-refractivity contribution in [2.24, 2.45) is 0 Å². The maximum absolute atomic E-state index is 5.03. The summed E-state index contributed by atoms with van der Waals surface area (Å²) in [4.78, 5) is 2.19. The molecule has 0 atom stereocenters. The van der Waals surface area contributed by atoms with Gasteiger partial charge < -0.3 is 4.90 Å². The summed E-state index contributed by atoms with van der Waals surface area (Å²) in [5, 5.41) is 0. The van der Waals surface area contributed by atoms with Crippen molar-refractivity contribution in [3.8, 4) is 0 Å². The first-order valence-corrected chi connectivity index (χ1v) is 5.55. The van der Waals surface area contributed by atoms with Crippen LogP contribution in [0.2, 0.25) is 0 Å². The Bertz CT molecular complexity index is 126. The van der Waals surface area contributed by atoms with E-state index in [1.165, 1.54) is 25.7 Å². The van der Waals surface area contributed by atoms with Crippen LogP contribution in [-0.2, 0) is 33.0 Å². The molecule has 0 N–H and O–H groups in total. The second kappa shape index (κ2) is 14.2. The minimum absolute atomic E-state index is 0. The van der Waals surface area contributed by atoms with Gasteiger partial charge in [-0.2, -0.15) is 0 Å². The van der Waals surface area contributed by atoms with Crippen molar-refractivity contribution in [3.63, 3.8) is 0 Å². The Morgan fingerprint density at radius 2 is 1.43 bits per heavy atom. The summed E-state index contributed by atoms with van der Waals surface area (Å²) < 4.78 is 0.747. The fourth-order valence-electron chi connectivity index (χ4n) is 1.00. The quantitative estimate of drug-likeness (QED) is 0.455. The smallest absolute Gasteiger partial charge is 0.133 e. The Labute approximate surface area is 119 Å². The SMILES string of the molecule is CCCCN(CCCC)C(=S)S.[Ni].[Ni]. The molecule has 0 spiro atoms. The normalized spacial score (nSPS) is 8.50. The van der Waals surface area contributed by atoms with E-state index < -0.39 is 0 Å². The first-order valence-electron chi connectivity index (χ1n) is 4.70. The average molecular weight is 323 g/mol. The fourth-order valence-corrected chi connectivity index (χ4v) is 1.38. The molecule has 14 heavy (non-hydrogen) atoms. The number of hydrogen-bond donors (Lipinski definition) is 1. The standard InChI is InChI=1S/C9H19NS2.2Ni/c1-3-5-7-10(9(11)12)8-6-4-2;;/h3-8H2,1-2H3,(H,11,12);;. The Balaban J connectivity index is -0.000000605. The topological polar surface area (TPSA) is 3.24 Å². The van der Waals surface area contributed by atoms with Crippen LogP contribution < -0.4 is 0 Å². The van der Waals surface area contributed by atoms with Gasteiger partial charge in [-0.3, -0.25) is 0 Å². The first kappa shape index (κ1) is 20.6.